The molecule has 1 aliphatic heterocycles. The van der Waals surface area contributed by atoms with E-state index in [1.807, 2.05) is 0 Å². The molecule has 1 saturated heterocycles. The third-order valence-corrected chi connectivity index (χ3v) is 6.33. The van der Waals surface area contributed by atoms with Crippen molar-refractivity contribution in [2.24, 2.45) is 0 Å². The number of ketones is 2. The molecule has 9 N–H and O–H groups in total. The maximum atomic E-state index is 13.4. The molecule has 5 atom stereocenters. The number of carboxylic acids is 1. The van der Waals surface area contributed by atoms with Gasteiger partial charge in [-0.2, -0.15) is 0 Å². The van der Waals surface area contributed by atoms with E-state index >= 15 is 0 Å². The quantitative estimate of drug-likeness (QED) is 0.108. The summed E-state index contributed by atoms with van der Waals surface area (Å²) in [5, 5.41) is 91.5. The zero-order valence-electron chi connectivity index (χ0n) is 18.4. The Morgan fingerprint density at radius 1 is 0.889 bits per heavy atom. The summed E-state index contributed by atoms with van der Waals surface area (Å²) in [4.78, 5) is 38.1. The van der Waals surface area contributed by atoms with Gasteiger partial charge in [-0.25, -0.2) is 4.79 Å². The predicted octanol–water partition coefficient (Wildman–Crippen LogP) is -1.57. The molecule has 0 spiro atoms. The van der Waals surface area contributed by atoms with Gasteiger partial charge in [0, 0.05) is 11.1 Å². The summed E-state index contributed by atoms with van der Waals surface area (Å²) in [5.41, 5.74) is -4.49. The van der Waals surface area contributed by atoms with Crippen molar-refractivity contribution in [2.75, 3.05) is 6.61 Å². The number of phenolic OH excluding ortho intramolecular Hbond substituents is 3. The number of aliphatic hydroxyl groups excluding tert-OH is 4. The largest absolute Gasteiger partial charge is 3.00 e. The number of ether oxygens (including phenoxy) is 1. The Labute approximate surface area is 212 Å². The number of hydrogen-bond acceptors (Lipinski definition) is 12. The fourth-order valence-corrected chi connectivity index (χ4v) is 4.58. The first-order valence-corrected chi connectivity index (χ1v) is 10.2. The summed E-state index contributed by atoms with van der Waals surface area (Å²) in [5.74, 6) is -8.24. The van der Waals surface area contributed by atoms with Crippen molar-refractivity contribution < 1.29 is 65.1 Å². The number of carboxylic acid groups (broad SMARTS) is 1. The average Bonchev–Trinajstić information content (AvgIpc) is 2.79. The second-order valence-corrected chi connectivity index (χ2v) is 8.24. The molecule has 0 saturated carbocycles. The zero-order valence-corrected chi connectivity index (χ0v) is 19.6. The first kappa shape index (κ1) is 27.4. The van der Waals surface area contributed by atoms with Crippen LogP contribution in [0.2, 0.25) is 0 Å². The van der Waals surface area contributed by atoms with Crippen LogP contribution in [0.1, 0.15) is 59.4 Å². The average molecular weight is 519 g/mol. The number of aliphatic hydroxyl groups is 4. The molecule has 36 heavy (non-hydrogen) atoms. The van der Waals surface area contributed by atoms with Gasteiger partial charge >= 0.3 is 23.3 Å². The molecule has 0 aromatic heterocycles. The van der Waals surface area contributed by atoms with Crippen LogP contribution in [0.4, 0.5) is 0 Å². The number of rotatable bonds is 3. The standard InChI is InChI=1S/C22H20O13.Al/c1-4-8-5(2-6(24)9(4)22(33)34)13(25)10-11(15(8)27)16(28)12(18(30)17(10)29)21-20(32)19(31)14(26)7(3-23)35-21;/h2,7,14,19-21,23-24,26,28-32H,3H2,1H3,(H,33,34);/q;+3/t7-,14-,19+,20-,21?;/m1./s1. The molecule has 2 aromatic rings. The summed E-state index contributed by atoms with van der Waals surface area (Å²) in [6.45, 7) is 0.291. The zero-order chi connectivity index (χ0) is 26.1. The molecule has 4 rings (SSSR count). The van der Waals surface area contributed by atoms with E-state index in [-0.39, 0.29) is 22.9 Å². The maximum Gasteiger partial charge on any atom is 3.00 e. The Morgan fingerprint density at radius 3 is 2.03 bits per heavy atom. The van der Waals surface area contributed by atoms with Gasteiger partial charge in [0.1, 0.15) is 47.6 Å². The number of aromatic carboxylic acids is 1. The van der Waals surface area contributed by atoms with E-state index < -0.39 is 111 Å². The van der Waals surface area contributed by atoms with Gasteiger partial charge in [0.05, 0.1) is 23.3 Å². The van der Waals surface area contributed by atoms with Crippen LogP contribution >= 0.6 is 0 Å². The third-order valence-electron chi connectivity index (χ3n) is 6.33. The molecule has 2 aliphatic rings. The number of fused-ring (bicyclic) bond motifs is 2. The number of hydrogen-bond donors (Lipinski definition) is 9. The summed E-state index contributed by atoms with van der Waals surface area (Å²) in [6.07, 6.45) is -9.12. The van der Waals surface area contributed by atoms with Crippen LogP contribution in [0.5, 0.6) is 23.0 Å². The van der Waals surface area contributed by atoms with Gasteiger partial charge in [0.25, 0.3) is 0 Å². The molecule has 1 heterocycles. The van der Waals surface area contributed by atoms with Gasteiger partial charge in [-0.15, -0.1) is 0 Å². The van der Waals surface area contributed by atoms with E-state index in [0.29, 0.717) is 6.07 Å². The maximum absolute atomic E-state index is 13.4. The minimum Gasteiger partial charge on any atom is -0.507 e. The van der Waals surface area contributed by atoms with E-state index in [1.165, 1.54) is 0 Å². The minimum atomic E-state index is -2.03. The number of carbonyl (C=O) groups excluding carboxylic acids is 2. The van der Waals surface area contributed by atoms with Crippen molar-refractivity contribution >= 4 is 34.9 Å². The van der Waals surface area contributed by atoms with Crippen LogP contribution in [-0.2, 0) is 4.74 Å². The van der Waals surface area contributed by atoms with Crippen LogP contribution in [0.15, 0.2) is 6.07 Å². The number of phenols is 4. The number of benzene rings is 2. The summed E-state index contributed by atoms with van der Waals surface area (Å²) in [6, 6.07) is 0.716. The van der Waals surface area contributed by atoms with Gasteiger partial charge in [0.15, 0.2) is 23.1 Å². The van der Waals surface area contributed by atoms with Crippen LogP contribution in [0.3, 0.4) is 0 Å². The van der Waals surface area contributed by atoms with Crippen molar-refractivity contribution in [3.63, 3.8) is 0 Å². The smallest absolute Gasteiger partial charge is 0.507 e. The molecule has 0 bridgehead atoms. The molecular weight excluding hydrogens is 499 g/mol. The van der Waals surface area contributed by atoms with Gasteiger partial charge in [-0.3, -0.25) is 9.59 Å². The summed E-state index contributed by atoms with van der Waals surface area (Å²) >= 11 is 0. The fraction of sp³-hybridized carbons (Fsp3) is 0.318. The monoisotopic (exact) mass is 519 g/mol. The van der Waals surface area contributed by atoms with Crippen molar-refractivity contribution in [1.82, 2.24) is 0 Å². The van der Waals surface area contributed by atoms with Crippen molar-refractivity contribution in [1.29, 1.82) is 0 Å². The fourth-order valence-electron chi connectivity index (χ4n) is 4.58. The van der Waals surface area contributed by atoms with E-state index in [2.05, 4.69) is 0 Å². The normalized spacial score (nSPS) is 25.1. The molecule has 0 radical (unpaired) electrons. The summed E-state index contributed by atoms with van der Waals surface area (Å²) < 4.78 is 5.30. The predicted molar refractivity (Wildman–Crippen MR) is 117 cm³/mol. The Kier molecular flexibility index (Phi) is 7.10. The second kappa shape index (κ2) is 9.34. The minimum absolute atomic E-state index is 0. The van der Waals surface area contributed by atoms with Gasteiger partial charge in [0.2, 0.25) is 0 Å². The Hall–Kier alpha value is -3.22. The molecule has 13 nitrogen and oxygen atoms in total. The number of carbonyl (C=O) groups is 3. The molecule has 1 aliphatic carbocycles. The van der Waals surface area contributed by atoms with E-state index in [4.69, 9.17) is 4.74 Å². The topological polar surface area (TPSA) is 243 Å². The van der Waals surface area contributed by atoms with Crippen molar-refractivity contribution in [2.45, 2.75) is 37.4 Å². The van der Waals surface area contributed by atoms with Crippen molar-refractivity contribution in [3.05, 3.63) is 45.0 Å². The van der Waals surface area contributed by atoms with Crippen LogP contribution in [-0.4, -0.2) is 112 Å². The molecular formula is C22H20AlO13+3. The number of aromatic hydroxyl groups is 4. The molecule has 1 fully saturated rings. The Morgan fingerprint density at radius 2 is 1.47 bits per heavy atom. The summed E-state index contributed by atoms with van der Waals surface area (Å²) in [7, 11) is 0. The van der Waals surface area contributed by atoms with Crippen molar-refractivity contribution in [3.8, 4) is 23.0 Å². The van der Waals surface area contributed by atoms with Crippen LogP contribution in [0, 0.1) is 6.92 Å². The Bertz CT molecular complexity index is 1300. The van der Waals surface area contributed by atoms with E-state index in [0.717, 1.165) is 6.92 Å². The first-order chi connectivity index (χ1) is 16.3. The van der Waals surface area contributed by atoms with Crippen LogP contribution < -0.4 is 0 Å². The van der Waals surface area contributed by atoms with Gasteiger partial charge in [-0.1, -0.05) is 0 Å². The molecule has 1 unspecified atom stereocenters. The second-order valence-electron chi connectivity index (χ2n) is 8.24. The molecule has 0 amide bonds. The van der Waals surface area contributed by atoms with E-state index in [1.54, 1.807) is 0 Å². The SMILES string of the molecule is Cc1c(C(=O)O)c(O)cc2c1C(=O)c1c(O)c(C3O[C@H](CO)[C@@H](O)[C@H](O)[C@H]3O)c(O)c(O)c1C2=O.[Al+3]. The third kappa shape index (κ3) is 3.63. The molecule has 2 aromatic carbocycles. The Balaban J connectivity index is 0.00000361. The van der Waals surface area contributed by atoms with Gasteiger partial charge in [-0.05, 0) is 18.6 Å². The molecule has 186 valence electrons. The van der Waals surface area contributed by atoms with Gasteiger partial charge < -0.3 is 50.7 Å². The molecule has 14 heteroatoms. The van der Waals surface area contributed by atoms with Crippen LogP contribution in [0.25, 0.3) is 0 Å². The first-order valence-electron chi connectivity index (χ1n) is 10.2. The van der Waals surface area contributed by atoms with E-state index in [9.17, 15) is 60.3 Å².